The summed E-state index contributed by atoms with van der Waals surface area (Å²) in [5, 5.41) is 10.7. The van der Waals surface area contributed by atoms with E-state index in [-0.39, 0.29) is 11.3 Å². The second kappa shape index (κ2) is 7.68. The highest BCUT2D eigenvalue weighted by atomic mass is 79.9. The fraction of sp³-hybridized carbons (Fsp3) is 0.0833. The average molecular weight is 447 g/mol. The van der Waals surface area contributed by atoms with Gasteiger partial charge in [0.2, 0.25) is 0 Å². The van der Waals surface area contributed by atoms with Crippen molar-refractivity contribution in [3.05, 3.63) is 98.0 Å². The minimum Gasteiger partial charge on any atom is -0.507 e. The van der Waals surface area contributed by atoms with Crippen LogP contribution < -0.4 is 5.56 Å². The highest BCUT2D eigenvalue weighted by Crippen LogP contribution is 2.25. The quantitative estimate of drug-likeness (QED) is 0.442. The molecule has 29 heavy (non-hydrogen) atoms. The monoisotopic (exact) mass is 446 g/mol. The Bertz CT molecular complexity index is 1320. The standard InChI is InChI=1S/C24H19BrN2O2/c1-15-7-10-21(16(2)13-15)27-23(12-8-17-14-18(25)9-11-22(17)28)26-20-6-4-3-5-19(20)24(27)29/h3-14,28H,1-2H3/b12-8+. The van der Waals surface area contributed by atoms with Crippen molar-refractivity contribution in [2.45, 2.75) is 13.8 Å². The summed E-state index contributed by atoms with van der Waals surface area (Å²) >= 11 is 3.42. The van der Waals surface area contributed by atoms with Crippen LogP contribution in [0.15, 0.2) is 69.9 Å². The number of aryl methyl sites for hydroxylation is 2. The van der Waals surface area contributed by atoms with Crippen molar-refractivity contribution >= 4 is 39.0 Å². The van der Waals surface area contributed by atoms with E-state index in [0.29, 0.717) is 22.3 Å². The number of hydrogen-bond acceptors (Lipinski definition) is 3. The molecule has 144 valence electrons. The van der Waals surface area contributed by atoms with Crippen LogP contribution in [0.5, 0.6) is 5.75 Å². The van der Waals surface area contributed by atoms with Crippen LogP contribution in [0, 0.1) is 13.8 Å². The molecule has 3 aromatic carbocycles. The summed E-state index contributed by atoms with van der Waals surface area (Å²) in [5.74, 6) is 0.658. The van der Waals surface area contributed by atoms with Gasteiger partial charge >= 0.3 is 0 Å². The largest absolute Gasteiger partial charge is 0.507 e. The third-order valence-electron chi connectivity index (χ3n) is 4.80. The van der Waals surface area contributed by atoms with Gasteiger partial charge in [0.05, 0.1) is 16.6 Å². The van der Waals surface area contributed by atoms with Gasteiger partial charge in [-0.25, -0.2) is 4.98 Å². The Labute approximate surface area is 176 Å². The Morgan fingerprint density at radius 2 is 1.79 bits per heavy atom. The molecule has 1 aromatic heterocycles. The number of benzene rings is 3. The zero-order chi connectivity index (χ0) is 20.5. The molecule has 0 bridgehead atoms. The lowest BCUT2D eigenvalue weighted by Gasteiger charge is -2.14. The number of hydrogen-bond donors (Lipinski definition) is 1. The van der Waals surface area contributed by atoms with Crippen molar-refractivity contribution in [2.75, 3.05) is 0 Å². The van der Waals surface area contributed by atoms with Gasteiger partial charge in [0.1, 0.15) is 11.6 Å². The fourth-order valence-corrected chi connectivity index (χ4v) is 3.75. The Morgan fingerprint density at radius 1 is 1.00 bits per heavy atom. The molecule has 5 heteroatoms. The van der Waals surface area contributed by atoms with Gasteiger partial charge in [0.15, 0.2) is 0 Å². The topological polar surface area (TPSA) is 55.1 Å². The summed E-state index contributed by atoms with van der Waals surface area (Å²) in [6.45, 7) is 4.01. The summed E-state index contributed by atoms with van der Waals surface area (Å²) in [7, 11) is 0. The van der Waals surface area contributed by atoms with Crippen molar-refractivity contribution in [1.82, 2.24) is 9.55 Å². The zero-order valence-corrected chi connectivity index (χ0v) is 17.6. The zero-order valence-electron chi connectivity index (χ0n) is 16.1. The lowest BCUT2D eigenvalue weighted by molar-refractivity contribution is 0.474. The summed E-state index contributed by atoms with van der Waals surface area (Å²) in [5.41, 5.74) is 4.05. The highest BCUT2D eigenvalue weighted by molar-refractivity contribution is 9.10. The van der Waals surface area contributed by atoms with Gasteiger partial charge in [0, 0.05) is 10.0 Å². The maximum Gasteiger partial charge on any atom is 0.266 e. The van der Waals surface area contributed by atoms with Crippen molar-refractivity contribution in [1.29, 1.82) is 0 Å². The normalized spacial score (nSPS) is 11.4. The van der Waals surface area contributed by atoms with Crippen molar-refractivity contribution in [3.8, 4) is 11.4 Å². The van der Waals surface area contributed by atoms with Gasteiger partial charge in [-0.1, -0.05) is 45.8 Å². The van der Waals surface area contributed by atoms with Crippen molar-refractivity contribution in [3.63, 3.8) is 0 Å². The molecular weight excluding hydrogens is 428 g/mol. The number of phenolic OH excluding ortho intramolecular Hbond substituents is 1. The van der Waals surface area contributed by atoms with Crippen LogP contribution in [0.1, 0.15) is 22.5 Å². The first-order chi connectivity index (χ1) is 13.9. The number of aromatic nitrogens is 2. The number of para-hydroxylation sites is 1. The van der Waals surface area contributed by atoms with Crippen molar-refractivity contribution in [2.24, 2.45) is 0 Å². The second-order valence-corrected chi connectivity index (χ2v) is 7.87. The minimum absolute atomic E-state index is 0.124. The highest BCUT2D eigenvalue weighted by Gasteiger charge is 2.13. The number of rotatable bonds is 3. The first-order valence-corrected chi connectivity index (χ1v) is 9.99. The lowest BCUT2D eigenvalue weighted by Crippen LogP contribution is -2.23. The molecule has 0 spiro atoms. The first kappa shape index (κ1) is 19.2. The van der Waals surface area contributed by atoms with Gasteiger partial charge < -0.3 is 5.11 Å². The third-order valence-corrected chi connectivity index (χ3v) is 5.29. The molecule has 0 aliphatic rings. The van der Waals surface area contributed by atoms with Gasteiger partial charge in [-0.05, 0) is 68.0 Å². The number of phenols is 1. The Hall–Kier alpha value is -3.18. The lowest BCUT2D eigenvalue weighted by atomic mass is 10.1. The van der Waals surface area contributed by atoms with Crippen LogP contribution in [-0.4, -0.2) is 14.7 Å². The fourth-order valence-electron chi connectivity index (χ4n) is 3.37. The molecule has 4 rings (SSSR count). The van der Waals surface area contributed by atoms with E-state index in [1.54, 1.807) is 34.9 Å². The van der Waals surface area contributed by atoms with E-state index in [2.05, 4.69) is 15.9 Å². The van der Waals surface area contributed by atoms with E-state index >= 15 is 0 Å². The van der Waals surface area contributed by atoms with Crippen LogP contribution in [-0.2, 0) is 0 Å². The predicted molar refractivity (Wildman–Crippen MR) is 122 cm³/mol. The summed E-state index contributed by atoms with van der Waals surface area (Å²) in [4.78, 5) is 18.1. The smallest absolute Gasteiger partial charge is 0.266 e. The SMILES string of the molecule is Cc1ccc(-n2c(/C=C/c3cc(Br)ccc3O)nc3ccccc3c2=O)c(C)c1. The van der Waals surface area contributed by atoms with E-state index in [1.807, 2.05) is 56.3 Å². The molecule has 0 amide bonds. The molecule has 0 aliphatic heterocycles. The maximum atomic E-state index is 13.4. The molecule has 0 aliphatic carbocycles. The first-order valence-electron chi connectivity index (χ1n) is 9.20. The van der Waals surface area contributed by atoms with Crippen LogP contribution in [0.3, 0.4) is 0 Å². The number of halogens is 1. The number of nitrogens with zero attached hydrogens (tertiary/aromatic N) is 2. The Kier molecular flexibility index (Phi) is 5.07. The second-order valence-electron chi connectivity index (χ2n) is 6.95. The Balaban J connectivity index is 1.98. The van der Waals surface area contributed by atoms with Gasteiger partial charge in [-0.3, -0.25) is 9.36 Å². The summed E-state index contributed by atoms with van der Waals surface area (Å²) in [6, 6.07) is 18.5. The molecule has 4 aromatic rings. The molecule has 0 atom stereocenters. The molecule has 0 fully saturated rings. The van der Waals surface area contributed by atoms with Gasteiger partial charge in [-0.15, -0.1) is 0 Å². The van der Waals surface area contributed by atoms with E-state index in [0.717, 1.165) is 21.3 Å². The average Bonchev–Trinajstić information content (AvgIpc) is 2.70. The third kappa shape index (κ3) is 3.74. The maximum absolute atomic E-state index is 13.4. The molecule has 0 saturated heterocycles. The molecule has 4 nitrogen and oxygen atoms in total. The van der Waals surface area contributed by atoms with Crippen molar-refractivity contribution < 1.29 is 5.11 Å². The summed E-state index contributed by atoms with van der Waals surface area (Å²) in [6.07, 6.45) is 3.52. The van der Waals surface area contributed by atoms with Crippen LogP contribution in [0.2, 0.25) is 0 Å². The van der Waals surface area contributed by atoms with Crippen LogP contribution in [0.25, 0.3) is 28.7 Å². The van der Waals surface area contributed by atoms with E-state index in [4.69, 9.17) is 4.98 Å². The molecule has 1 N–H and O–H groups in total. The van der Waals surface area contributed by atoms with Crippen LogP contribution in [0.4, 0.5) is 0 Å². The molecule has 1 heterocycles. The summed E-state index contributed by atoms with van der Waals surface area (Å²) < 4.78 is 2.48. The van der Waals surface area contributed by atoms with Crippen LogP contribution >= 0.6 is 15.9 Å². The molecular formula is C24H19BrN2O2. The van der Waals surface area contributed by atoms with Gasteiger partial charge in [0.25, 0.3) is 5.56 Å². The minimum atomic E-state index is -0.124. The number of fused-ring (bicyclic) bond motifs is 1. The molecule has 0 saturated carbocycles. The van der Waals surface area contributed by atoms with Gasteiger partial charge in [-0.2, -0.15) is 0 Å². The predicted octanol–water partition coefficient (Wildman–Crippen LogP) is 5.64. The van der Waals surface area contributed by atoms with E-state index in [1.165, 1.54) is 0 Å². The molecule has 0 radical (unpaired) electrons. The van der Waals surface area contributed by atoms with E-state index in [9.17, 15) is 9.90 Å². The molecule has 0 unspecified atom stereocenters. The Morgan fingerprint density at radius 3 is 2.59 bits per heavy atom. The van der Waals surface area contributed by atoms with E-state index < -0.39 is 0 Å². The number of aromatic hydroxyl groups is 1.